The number of rotatable bonds is 5. The first-order chi connectivity index (χ1) is 13.3. The molecule has 1 unspecified atom stereocenters. The minimum atomic E-state index is -4.49. The van der Waals surface area contributed by atoms with E-state index in [0.29, 0.717) is 0 Å². The van der Waals surface area contributed by atoms with E-state index in [1.54, 1.807) is 0 Å². The number of carbonyl (C=O) groups is 1. The molecule has 0 saturated carbocycles. The number of nitrogens with zero attached hydrogens (tertiary/aromatic N) is 1. The predicted molar refractivity (Wildman–Crippen MR) is 101 cm³/mol. The van der Waals surface area contributed by atoms with E-state index in [0.717, 1.165) is 11.6 Å². The van der Waals surface area contributed by atoms with Crippen molar-refractivity contribution < 1.29 is 18.0 Å². The second-order valence-corrected chi connectivity index (χ2v) is 6.24. The van der Waals surface area contributed by atoms with Gasteiger partial charge in [-0.3, -0.25) is 9.78 Å². The zero-order valence-corrected chi connectivity index (χ0v) is 15.0. The smallest absolute Gasteiger partial charge is 0.354 e. The average Bonchev–Trinajstić information content (AvgIpc) is 2.68. The average molecular weight is 385 g/mol. The highest BCUT2D eigenvalue weighted by molar-refractivity contribution is 5.95. The van der Waals surface area contributed by atoms with Gasteiger partial charge in [0.15, 0.2) is 0 Å². The lowest BCUT2D eigenvalue weighted by Crippen LogP contribution is -2.26. The molecule has 0 bridgehead atoms. The van der Waals surface area contributed by atoms with Crippen LogP contribution >= 0.6 is 0 Å². The number of pyridine rings is 1. The Bertz CT molecular complexity index is 958. The minimum Gasteiger partial charge on any atom is -0.354 e. The predicted octanol–water partition coefficient (Wildman–Crippen LogP) is 5.34. The molecule has 1 aromatic heterocycles. The van der Waals surface area contributed by atoms with E-state index in [4.69, 9.17) is 0 Å². The summed E-state index contributed by atoms with van der Waals surface area (Å²) in [5.41, 5.74) is 0.584. The van der Waals surface area contributed by atoms with Crippen LogP contribution in [0.15, 0.2) is 73.1 Å². The van der Waals surface area contributed by atoms with E-state index in [-0.39, 0.29) is 28.9 Å². The van der Waals surface area contributed by atoms with Crippen LogP contribution in [0.25, 0.3) is 0 Å². The Kier molecular flexibility index (Phi) is 5.63. The van der Waals surface area contributed by atoms with Crippen LogP contribution in [-0.2, 0) is 6.18 Å². The summed E-state index contributed by atoms with van der Waals surface area (Å²) in [4.78, 5) is 16.5. The van der Waals surface area contributed by atoms with Gasteiger partial charge in [-0.15, -0.1) is 0 Å². The van der Waals surface area contributed by atoms with Gasteiger partial charge in [-0.1, -0.05) is 42.5 Å². The van der Waals surface area contributed by atoms with E-state index in [2.05, 4.69) is 15.6 Å². The van der Waals surface area contributed by atoms with Crippen LogP contribution in [-0.4, -0.2) is 10.9 Å². The number of hydrogen-bond acceptors (Lipinski definition) is 3. The van der Waals surface area contributed by atoms with E-state index >= 15 is 0 Å². The summed E-state index contributed by atoms with van der Waals surface area (Å²) in [5, 5.41) is 5.55. The molecule has 2 N–H and O–H groups in total. The molecular formula is C21H18F3N3O. The Hall–Kier alpha value is -3.35. The third-order valence-corrected chi connectivity index (χ3v) is 4.16. The second-order valence-electron chi connectivity index (χ2n) is 6.24. The van der Waals surface area contributed by atoms with Crippen molar-refractivity contribution in [3.8, 4) is 0 Å². The number of aromatic nitrogens is 1. The van der Waals surface area contributed by atoms with Crippen molar-refractivity contribution in [2.75, 3.05) is 5.32 Å². The maximum absolute atomic E-state index is 13.1. The quantitative estimate of drug-likeness (QED) is 0.624. The number of alkyl halides is 3. The van der Waals surface area contributed by atoms with Gasteiger partial charge in [-0.25, -0.2) is 0 Å². The van der Waals surface area contributed by atoms with Crippen molar-refractivity contribution in [2.45, 2.75) is 19.1 Å². The third-order valence-electron chi connectivity index (χ3n) is 4.16. The van der Waals surface area contributed by atoms with Crippen LogP contribution in [0.4, 0.5) is 24.5 Å². The topological polar surface area (TPSA) is 54.0 Å². The highest BCUT2D eigenvalue weighted by Crippen LogP contribution is 2.35. The minimum absolute atomic E-state index is 0.105. The highest BCUT2D eigenvalue weighted by atomic mass is 19.4. The number of para-hydroxylation sites is 1. The summed E-state index contributed by atoms with van der Waals surface area (Å²) in [6, 6.07) is 15.8. The summed E-state index contributed by atoms with van der Waals surface area (Å²) in [5.74, 6) is -0.364. The molecule has 0 spiro atoms. The van der Waals surface area contributed by atoms with Gasteiger partial charge in [0.1, 0.15) is 0 Å². The number of anilines is 2. The van der Waals surface area contributed by atoms with Crippen molar-refractivity contribution in [1.82, 2.24) is 10.3 Å². The fourth-order valence-corrected chi connectivity index (χ4v) is 2.73. The van der Waals surface area contributed by atoms with Gasteiger partial charge in [0, 0.05) is 6.20 Å². The first kappa shape index (κ1) is 19.4. The fourth-order valence-electron chi connectivity index (χ4n) is 2.73. The molecule has 7 heteroatoms. The van der Waals surface area contributed by atoms with Crippen LogP contribution < -0.4 is 10.6 Å². The zero-order chi connectivity index (χ0) is 20.1. The van der Waals surface area contributed by atoms with Gasteiger partial charge >= 0.3 is 6.18 Å². The SMILES string of the molecule is CC(NC(=O)c1cncc(Nc2ccccc2C(F)(F)F)c1)c1ccccc1. The summed E-state index contributed by atoms with van der Waals surface area (Å²) >= 11 is 0. The molecule has 3 aromatic rings. The van der Waals surface area contributed by atoms with E-state index < -0.39 is 11.7 Å². The largest absolute Gasteiger partial charge is 0.418 e. The lowest BCUT2D eigenvalue weighted by Gasteiger charge is -2.16. The Morgan fingerprint density at radius 3 is 2.39 bits per heavy atom. The Morgan fingerprint density at radius 1 is 1.00 bits per heavy atom. The summed E-state index contributed by atoms with van der Waals surface area (Å²) < 4.78 is 39.4. The molecule has 1 atom stereocenters. The Balaban J connectivity index is 1.77. The van der Waals surface area contributed by atoms with Crippen LogP contribution in [0.5, 0.6) is 0 Å². The summed E-state index contributed by atoms with van der Waals surface area (Å²) in [6.07, 6.45) is -1.75. The number of halogens is 3. The standard InChI is InChI=1S/C21H18F3N3O/c1-14(15-7-3-2-4-8-15)26-20(28)16-11-17(13-25-12-16)27-19-10-6-5-9-18(19)21(22,23)24/h2-14,27H,1H3,(H,26,28). The molecule has 0 radical (unpaired) electrons. The van der Waals surface area contributed by atoms with Gasteiger partial charge in [-0.05, 0) is 30.7 Å². The number of hydrogen-bond donors (Lipinski definition) is 2. The summed E-state index contributed by atoms with van der Waals surface area (Å²) in [7, 11) is 0. The van der Waals surface area contributed by atoms with Gasteiger partial charge in [0.2, 0.25) is 0 Å². The van der Waals surface area contributed by atoms with Gasteiger partial charge in [0.25, 0.3) is 5.91 Å². The van der Waals surface area contributed by atoms with Crippen molar-refractivity contribution in [3.05, 3.63) is 89.7 Å². The lowest BCUT2D eigenvalue weighted by atomic mass is 10.1. The van der Waals surface area contributed by atoms with E-state index in [9.17, 15) is 18.0 Å². The molecule has 0 saturated heterocycles. The molecule has 2 aromatic carbocycles. The van der Waals surface area contributed by atoms with Crippen LogP contribution in [0.1, 0.15) is 34.5 Å². The summed E-state index contributed by atoms with van der Waals surface area (Å²) in [6.45, 7) is 1.85. The lowest BCUT2D eigenvalue weighted by molar-refractivity contribution is -0.136. The Morgan fingerprint density at radius 2 is 1.68 bits per heavy atom. The van der Waals surface area contributed by atoms with Gasteiger partial charge in [0.05, 0.1) is 34.7 Å². The van der Waals surface area contributed by atoms with Crippen molar-refractivity contribution >= 4 is 17.3 Å². The molecule has 144 valence electrons. The molecule has 0 aliphatic rings. The monoisotopic (exact) mass is 385 g/mol. The highest BCUT2D eigenvalue weighted by Gasteiger charge is 2.33. The fraction of sp³-hybridized carbons (Fsp3) is 0.143. The molecule has 1 heterocycles. The number of benzene rings is 2. The normalized spacial score (nSPS) is 12.3. The molecular weight excluding hydrogens is 367 g/mol. The maximum Gasteiger partial charge on any atom is 0.418 e. The first-order valence-corrected chi connectivity index (χ1v) is 8.58. The zero-order valence-electron chi connectivity index (χ0n) is 15.0. The number of nitrogens with one attached hydrogen (secondary N) is 2. The number of amides is 1. The molecule has 0 fully saturated rings. The molecule has 0 aliphatic heterocycles. The van der Waals surface area contributed by atoms with E-state index in [1.807, 2.05) is 37.3 Å². The Labute approximate surface area is 160 Å². The van der Waals surface area contributed by atoms with Crippen LogP contribution in [0.3, 0.4) is 0 Å². The molecule has 3 rings (SSSR count). The number of carbonyl (C=O) groups excluding carboxylic acids is 1. The van der Waals surface area contributed by atoms with Gasteiger partial charge < -0.3 is 10.6 Å². The first-order valence-electron chi connectivity index (χ1n) is 8.58. The van der Waals surface area contributed by atoms with Crippen LogP contribution in [0, 0.1) is 0 Å². The second kappa shape index (κ2) is 8.12. The molecule has 0 aliphatic carbocycles. The molecule has 1 amide bonds. The molecule has 28 heavy (non-hydrogen) atoms. The van der Waals surface area contributed by atoms with Gasteiger partial charge in [-0.2, -0.15) is 13.2 Å². The van der Waals surface area contributed by atoms with Crippen molar-refractivity contribution in [3.63, 3.8) is 0 Å². The molecule has 4 nitrogen and oxygen atoms in total. The third kappa shape index (κ3) is 4.68. The van der Waals surface area contributed by atoms with Crippen LogP contribution in [0.2, 0.25) is 0 Å². The van der Waals surface area contributed by atoms with Crippen molar-refractivity contribution in [2.24, 2.45) is 0 Å². The van der Waals surface area contributed by atoms with Crippen molar-refractivity contribution in [1.29, 1.82) is 0 Å². The van der Waals surface area contributed by atoms with E-state index in [1.165, 1.54) is 36.7 Å². The maximum atomic E-state index is 13.1.